The van der Waals surface area contributed by atoms with Crippen LogP contribution in [0.1, 0.15) is 47.2 Å². The molecule has 2 aliphatic rings. The number of benzene rings is 2. The van der Waals surface area contributed by atoms with E-state index in [1.54, 1.807) is 0 Å². The van der Waals surface area contributed by atoms with E-state index in [2.05, 4.69) is 15.0 Å². The second-order valence-corrected chi connectivity index (χ2v) is 8.97. The van der Waals surface area contributed by atoms with Crippen LogP contribution in [0.4, 0.5) is 27.6 Å². The number of rotatable bonds is 9. The third kappa shape index (κ3) is 5.89. The molecule has 4 rings (SSSR count). The lowest BCUT2D eigenvalue weighted by atomic mass is 9.93. The molecule has 2 aromatic carbocycles. The molecule has 0 aromatic heterocycles. The van der Waals surface area contributed by atoms with Crippen LogP contribution in [0.5, 0.6) is 5.75 Å². The van der Waals surface area contributed by atoms with E-state index in [1.807, 2.05) is 0 Å². The number of alkyl halides is 3. The number of hydrogen-bond donors (Lipinski definition) is 3. The molecule has 196 valence electrons. The summed E-state index contributed by atoms with van der Waals surface area (Å²) in [5, 5.41) is 12.1. The van der Waals surface area contributed by atoms with Gasteiger partial charge in [-0.1, -0.05) is 6.07 Å². The van der Waals surface area contributed by atoms with Crippen molar-refractivity contribution in [1.82, 2.24) is 0 Å². The summed E-state index contributed by atoms with van der Waals surface area (Å²) in [7, 11) is 0. The smallest absolute Gasteiger partial charge is 0.478 e. The lowest BCUT2D eigenvalue weighted by molar-refractivity contribution is -0.274. The predicted molar refractivity (Wildman–Crippen MR) is 124 cm³/mol. The Bertz CT molecular complexity index is 1300. The third-order valence-corrected chi connectivity index (χ3v) is 6.21. The fraction of sp³-hybridized carbons (Fsp3) is 0.320. The highest BCUT2D eigenvalue weighted by molar-refractivity contribution is 6.14. The number of carboxylic acid groups (broad SMARTS) is 1. The minimum Gasteiger partial charge on any atom is -0.478 e. The zero-order chi connectivity index (χ0) is 27.0. The number of nitrogens with two attached hydrogens (primary N) is 1. The molecule has 1 amide bonds. The Labute approximate surface area is 207 Å². The number of carbonyl (C=O) groups excluding carboxylic acids is 1. The number of anilines is 1. The first-order chi connectivity index (χ1) is 17.4. The molecule has 0 radical (unpaired) electrons. The van der Waals surface area contributed by atoms with Gasteiger partial charge in [-0.25, -0.2) is 13.6 Å². The number of aliphatic imine (C=N–C) groups is 1. The predicted octanol–water partition coefficient (Wildman–Crippen LogP) is 5.01. The Hall–Kier alpha value is -3.96. The molecule has 0 spiro atoms. The average molecular weight is 523 g/mol. The van der Waals surface area contributed by atoms with E-state index in [0.29, 0.717) is 18.5 Å². The second-order valence-electron chi connectivity index (χ2n) is 8.97. The maximum atomic E-state index is 15.1. The van der Waals surface area contributed by atoms with Crippen LogP contribution in [0.2, 0.25) is 0 Å². The van der Waals surface area contributed by atoms with Gasteiger partial charge in [0.2, 0.25) is 5.91 Å². The molecule has 37 heavy (non-hydrogen) atoms. The van der Waals surface area contributed by atoms with Crippen LogP contribution < -0.4 is 15.8 Å². The zero-order valence-electron chi connectivity index (χ0n) is 19.2. The van der Waals surface area contributed by atoms with Crippen LogP contribution in [0.15, 0.2) is 41.5 Å². The number of allylic oxidation sites excluding steroid dienone is 1. The highest BCUT2D eigenvalue weighted by atomic mass is 19.4. The number of aromatic carboxylic acids is 1. The Morgan fingerprint density at radius 2 is 1.86 bits per heavy atom. The first-order valence-electron chi connectivity index (χ1n) is 11.3. The summed E-state index contributed by atoms with van der Waals surface area (Å²) in [6, 6.07) is 4.39. The van der Waals surface area contributed by atoms with E-state index in [9.17, 15) is 32.3 Å². The average Bonchev–Trinajstić information content (AvgIpc) is 3.71. The quantitative estimate of drug-likeness (QED) is 0.316. The number of hydrogen-bond acceptors (Lipinski definition) is 5. The van der Waals surface area contributed by atoms with Crippen LogP contribution in [0, 0.1) is 17.6 Å². The molecule has 2 saturated carbocycles. The maximum absolute atomic E-state index is 15.1. The van der Waals surface area contributed by atoms with Crippen molar-refractivity contribution in [2.45, 2.75) is 37.5 Å². The highest BCUT2D eigenvalue weighted by Gasteiger charge is 2.53. The molecule has 0 aliphatic heterocycles. The molecule has 4 N–H and O–H groups in total. The van der Waals surface area contributed by atoms with Gasteiger partial charge in [0, 0.05) is 47.4 Å². The topological polar surface area (TPSA) is 114 Å². The van der Waals surface area contributed by atoms with Crippen molar-refractivity contribution in [1.29, 1.82) is 0 Å². The molecule has 0 atom stereocenters. The summed E-state index contributed by atoms with van der Waals surface area (Å²) >= 11 is 0. The molecule has 0 heterocycles. The number of halogens is 5. The molecule has 0 saturated heterocycles. The van der Waals surface area contributed by atoms with Crippen LogP contribution >= 0.6 is 0 Å². The van der Waals surface area contributed by atoms with Crippen LogP contribution in [0.25, 0.3) is 5.57 Å². The molecule has 0 unspecified atom stereocenters. The molecule has 2 aliphatic carbocycles. The SMILES string of the molecule is NC=C(C=NCC1CC1)c1c(F)cc(NC(=O)C2(c3ccc(OC(F)(F)F)cc3F)CC2)cc1C(=O)O. The number of nitrogens with one attached hydrogen (secondary N) is 1. The summed E-state index contributed by atoms with van der Waals surface area (Å²) in [4.78, 5) is 29.1. The Morgan fingerprint density at radius 1 is 1.16 bits per heavy atom. The number of amides is 1. The first-order valence-corrected chi connectivity index (χ1v) is 11.3. The van der Waals surface area contributed by atoms with Crippen molar-refractivity contribution >= 4 is 29.4 Å². The minimum absolute atomic E-state index is 0.0512. The van der Waals surface area contributed by atoms with Gasteiger partial charge >= 0.3 is 12.3 Å². The van der Waals surface area contributed by atoms with E-state index in [-0.39, 0.29) is 35.2 Å². The van der Waals surface area contributed by atoms with Gasteiger partial charge in [0.1, 0.15) is 17.4 Å². The lowest BCUT2D eigenvalue weighted by Crippen LogP contribution is -2.29. The van der Waals surface area contributed by atoms with Crippen molar-refractivity contribution < 1.29 is 41.4 Å². The fourth-order valence-corrected chi connectivity index (χ4v) is 4.01. The Kier molecular flexibility index (Phi) is 6.94. The first kappa shape index (κ1) is 26.1. The van der Waals surface area contributed by atoms with Crippen LogP contribution in [0.3, 0.4) is 0 Å². The summed E-state index contributed by atoms with van der Waals surface area (Å²) in [6.45, 7) is 0.511. The largest absolute Gasteiger partial charge is 0.573 e. The second kappa shape index (κ2) is 9.83. The normalized spacial score (nSPS) is 17.1. The van der Waals surface area contributed by atoms with Gasteiger partial charge in [0.15, 0.2) is 0 Å². The van der Waals surface area contributed by atoms with E-state index in [4.69, 9.17) is 5.73 Å². The molecule has 7 nitrogen and oxygen atoms in total. The highest BCUT2D eigenvalue weighted by Crippen LogP contribution is 2.50. The van der Waals surface area contributed by atoms with Gasteiger partial charge < -0.3 is 20.9 Å². The molecule has 2 aromatic rings. The van der Waals surface area contributed by atoms with E-state index >= 15 is 4.39 Å². The Balaban J connectivity index is 1.58. The maximum Gasteiger partial charge on any atom is 0.573 e. The summed E-state index contributed by atoms with van der Waals surface area (Å²) in [5.41, 5.74) is 3.10. The van der Waals surface area contributed by atoms with Gasteiger partial charge in [-0.15, -0.1) is 13.2 Å². The molecule has 0 bridgehead atoms. The summed E-state index contributed by atoms with van der Waals surface area (Å²) < 4.78 is 70.7. The van der Waals surface area contributed by atoms with Crippen molar-refractivity contribution in [2.24, 2.45) is 16.6 Å². The number of carboxylic acids is 1. The number of nitrogens with zero attached hydrogens (tertiary/aromatic N) is 1. The Morgan fingerprint density at radius 3 is 2.41 bits per heavy atom. The van der Waals surface area contributed by atoms with Gasteiger partial charge in [-0.05, 0) is 49.8 Å². The van der Waals surface area contributed by atoms with Crippen molar-refractivity contribution in [3.8, 4) is 5.75 Å². The van der Waals surface area contributed by atoms with Crippen LogP contribution in [-0.4, -0.2) is 36.1 Å². The molecule has 2 fully saturated rings. The van der Waals surface area contributed by atoms with E-state index < -0.39 is 46.6 Å². The van der Waals surface area contributed by atoms with E-state index in [1.165, 1.54) is 6.21 Å². The van der Waals surface area contributed by atoms with Gasteiger partial charge in [0.05, 0.1) is 11.0 Å². The third-order valence-electron chi connectivity index (χ3n) is 6.21. The molecular formula is C25H22F5N3O4. The molecular weight excluding hydrogens is 501 g/mol. The van der Waals surface area contributed by atoms with Crippen LogP contribution in [-0.2, 0) is 10.2 Å². The van der Waals surface area contributed by atoms with E-state index in [0.717, 1.165) is 43.3 Å². The van der Waals surface area contributed by atoms with Crippen molar-refractivity contribution in [2.75, 3.05) is 11.9 Å². The number of carbonyl (C=O) groups is 2. The number of ether oxygens (including phenoxy) is 1. The monoisotopic (exact) mass is 523 g/mol. The zero-order valence-corrected chi connectivity index (χ0v) is 19.2. The van der Waals surface area contributed by atoms with Crippen molar-refractivity contribution in [3.63, 3.8) is 0 Å². The summed E-state index contributed by atoms with van der Waals surface area (Å²) in [5.74, 6) is -4.63. The summed E-state index contributed by atoms with van der Waals surface area (Å²) in [6.07, 6.45) is -0.234. The lowest BCUT2D eigenvalue weighted by Gasteiger charge is -2.18. The van der Waals surface area contributed by atoms with Crippen molar-refractivity contribution in [3.05, 3.63) is 64.9 Å². The minimum atomic E-state index is -5.01. The van der Waals surface area contributed by atoms with Gasteiger partial charge in [0.25, 0.3) is 0 Å². The van der Waals surface area contributed by atoms with Gasteiger partial charge in [-0.2, -0.15) is 0 Å². The van der Waals surface area contributed by atoms with Gasteiger partial charge in [-0.3, -0.25) is 9.79 Å². The standard InChI is InChI=1S/C25H22F5N3O4/c26-19-9-16(37-25(28,29)30)3-4-18(19)24(5-6-24)23(36)33-15-7-17(22(34)35)21(20(27)8-15)14(10-31)12-32-11-13-1-2-13/h3-4,7-10,12-13H,1-2,5-6,11,31H2,(H,33,36)(H,34,35). The fourth-order valence-electron chi connectivity index (χ4n) is 4.01. The molecule has 12 heteroatoms.